The van der Waals surface area contributed by atoms with Crippen LogP contribution in [0, 0.1) is 10.1 Å². The predicted molar refractivity (Wildman–Crippen MR) is 102 cm³/mol. The Labute approximate surface area is 164 Å². The van der Waals surface area contributed by atoms with Crippen LogP contribution in [0.2, 0.25) is 5.02 Å². The van der Waals surface area contributed by atoms with E-state index in [4.69, 9.17) is 21.1 Å². The number of nitrogens with one attached hydrogen (secondary N) is 1. The fourth-order valence-corrected chi connectivity index (χ4v) is 2.82. The van der Waals surface area contributed by atoms with Gasteiger partial charge >= 0.3 is 0 Å². The molecule has 0 unspecified atom stereocenters. The zero-order valence-electron chi connectivity index (χ0n) is 15.0. The lowest BCUT2D eigenvalue weighted by molar-refractivity contribution is -0.385. The molecule has 0 fully saturated rings. The fraction of sp³-hybridized carbons (Fsp3) is 0.222. The minimum absolute atomic E-state index is 0.190. The Morgan fingerprint density at radius 2 is 1.75 bits per heavy atom. The minimum Gasteiger partial charge on any atom is -0.486 e. The van der Waals surface area contributed by atoms with Crippen molar-refractivity contribution in [2.24, 2.45) is 0 Å². The Morgan fingerprint density at radius 3 is 2.36 bits per heavy atom. The van der Waals surface area contributed by atoms with Gasteiger partial charge in [0.05, 0.1) is 21.6 Å². The van der Waals surface area contributed by atoms with Crippen LogP contribution in [0.4, 0.5) is 11.4 Å². The normalized spacial score (nSPS) is 12.2. The first-order valence-electron chi connectivity index (χ1n) is 8.18. The predicted octanol–water partition coefficient (Wildman–Crippen LogP) is 2.97. The van der Waals surface area contributed by atoms with Gasteiger partial charge in [-0.05, 0) is 18.2 Å². The van der Waals surface area contributed by atoms with E-state index in [0.717, 1.165) is 6.07 Å². The highest BCUT2D eigenvalue weighted by molar-refractivity contribution is 6.34. The average Bonchev–Trinajstić information content (AvgIpc) is 2.67. The number of nitro benzene ring substituents is 1. The summed E-state index contributed by atoms with van der Waals surface area (Å²) in [7, 11) is 3.14. The number of halogens is 1. The van der Waals surface area contributed by atoms with Gasteiger partial charge in [-0.25, -0.2) is 0 Å². The maximum Gasteiger partial charge on any atom is 0.286 e. The zero-order valence-corrected chi connectivity index (χ0v) is 15.8. The molecule has 1 heterocycles. The van der Waals surface area contributed by atoms with Crippen LogP contribution < -0.4 is 14.8 Å². The molecular weight excluding hydrogens is 390 g/mol. The summed E-state index contributed by atoms with van der Waals surface area (Å²) in [6, 6.07) is 6.80. The van der Waals surface area contributed by atoms with Crippen molar-refractivity contribution in [3.05, 3.63) is 56.6 Å². The number of nitrogens with zero attached hydrogens (tertiary/aromatic N) is 2. The Balaban J connectivity index is 1.94. The van der Waals surface area contributed by atoms with E-state index in [2.05, 4.69) is 5.32 Å². The maximum absolute atomic E-state index is 12.7. The molecule has 1 N–H and O–H groups in total. The molecule has 1 aliphatic rings. The molecule has 9 nitrogen and oxygen atoms in total. The summed E-state index contributed by atoms with van der Waals surface area (Å²) in [5.74, 6) is -0.609. The summed E-state index contributed by atoms with van der Waals surface area (Å²) in [4.78, 5) is 36.9. The van der Waals surface area contributed by atoms with Crippen molar-refractivity contribution in [2.75, 3.05) is 32.6 Å². The lowest BCUT2D eigenvalue weighted by Gasteiger charge is -2.19. The highest BCUT2D eigenvalue weighted by Gasteiger charge is 2.26. The second kappa shape index (κ2) is 7.73. The molecule has 0 aliphatic carbocycles. The topological polar surface area (TPSA) is 111 Å². The molecule has 2 aromatic carbocycles. The highest BCUT2D eigenvalue weighted by Crippen LogP contribution is 2.37. The van der Waals surface area contributed by atoms with Gasteiger partial charge < -0.3 is 19.7 Å². The fourth-order valence-electron chi connectivity index (χ4n) is 2.62. The Hall–Kier alpha value is -3.33. The quantitative estimate of drug-likeness (QED) is 0.618. The molecule has 3 rings (SSSR count). The molecule has 2 aromatic rings. The summed E-state index contributed by atoms with van der Waals surface area (Å²) in [5, 5.41) is 14.2. The second-order valence-electron chi connectivity index (χ2n) is 6.12. The van der Waals surface area contributed by atoms with E-state index >= 15 is 0 Å². The van der Waals surface area contributed by atoms with Crippen LogP contribution in [0.3, 0.4) is 0 Å². The zero-order chi connectivity index (χ0) is 20.4. The number of carbonyl (C=O) groups is 2. The number of hydrogen-bond acceptors (Lipinski definition) is 6. The van der Waals surface area contributed by atoms with E-state index in [1.165, 1.54) is 29.2 Å². The summed E-state index contributed by atoms with van der Waals surface area (Å²) < 4.78 is 10.7. The summed E-state index contributed by atoms with van der Waals surface area (Å²) in [6.45, 7) is 0.544. The van der Waals surface area contributed by atoms with E-state index < -0.39 is 16.5 Å². The summed E-state index contributed by atoms with van der Waals surface area (Å²) in [5.41, 5.74) is -0.144. The largest absolute Gasteiger partial charge is 0.486 e. The maximum atomic E-state index is 12.7. The van der Waals surface area contributed by atoms with Crippen molar-refractivity contribution in [2.45, 2.75) is 0 Å². The van der Waals surface area contributed by atoms with Crippen molar-refractivity contribution < 1.29 is 24.0 Å². The van der Waals surface area contributed by atoms with E-state index in [1.54, 1.807) is 14.1 Å². The van der Waals surface area contributed by atoms with Crippen LogP contribution in [0.25, 0.3) is 0 Å². The van der Waals surface area contributed by atoms with Gasteiger partial charge in [0.1, 0.15) is 18.8 Å². The third-order valence-electron chi connectivity index (χ3n) is 3.96. The summed E-state index contributed by atoms with van der Waals surface area (Å²) in [6.07, 6.45) is 0. The molecule has 0 radical (unpaired) electrons. The van der Waals surface area contributed by atoms with Gasteiger partial charge in [0.2, 0.25) is 0 Å². The van der Waals surface area contributed by atoms with Gasteiger partial charge in [-0.1, -0.05) is 11.6 Å². The molecule has 0 saturated heterocycles. The number of benzene rings is 2. The third kappa shape index (κ3) is 3.84. The van der Waals surface area contributed by atoms with Crippen LogP contribution >= 0.6 is 11.6 Å². The molecular formula is C18H16ClN3O6. The van der Waals surface area contributed by atoms with Crippen LogP contribution in [0.5, 0.6) is 11.5 Å². The summed E-state index contributed by atoms with van der Waals surface area (Å²) >= 11 is 6.05. The van der Waals surface area contributed by atoms with Gasteiger partial charge in [0, 0.05) is 25.8 Å². The van der Waals surface area contributed by atoms with E-state index in [-0.39, 0.29) is 52.5 Å². The Kier molecular flexibility index (Phi) is 5.36. The van der Waals surface area contributed by atoms with Gasteiger partial charge in [0.15, 0.2) is 11.5 Å². The Morgan fingerprint density at radius 1 is 1.11 bits per heavy atom. The number of hydrogen-bond donors (Lipinski definition) is 1. The molecule has 0 saturated carbocycles. The van der Waals surface area contributed by atoms with Crippen molar-refractivity contribution >= 4 is 34.8 Å². The SMILES string of the molecule is CN(C)C(=O)c1cc(NC(=O)c2cc3c(cc2[N+](=O)[O-])OCCO3)ccc1Cl. The molecule has 0 aromatic heterocycles. The number of ether oxygens (including phenoxy) is 2. The van der Waals surface area contributed by atoms with E-state index in [0.29, 0.717) is 0 Å². The van der Waals surface area contributed by atoms with E-state index in [1.807, 2.05) is 0 Å². The number of amides is 2. The van der Waals surface area contributed by atoms with Gasteiger partial charge in [-0.3, -0.25) is 19.7 Å². The molecule has 1 aliphatic heterocycles. The second-order valence-corrected chi connectivity index (χ2v) is 6.53. The van der Waals surface area contributed by atoms with Crippen LogP contribution in [0.15, 0.2) is 30.3 Å². The van der Waals surface area contributed by atoms with Gasteiger partial charge in [-0.15, -0.1) is 0 Å². The number of anilines is 1. The molecule has 0 spiro atoms. The molecule has 10 heteroatoms. The van der Waals surface area contributed by atoms with Crippen molar-refractivity contribution in [3.8, 4) is 11.5 Å². The van der Waals surface area contributed by atoms with Gasteiger partial charge in [-0.2, -0.15) is 0 Å². The molecule has 0 atom stereocenters. The lowest BCUT2D eigenvalue weighted by Crippen LogP contribution is -2.22. The van der Waals surface area contributed by atoms with Crippen LogP contribution in [0.1, 0.15) is 20.7 Å². The van der Waals surface area contributed by atoms with Crippen molar-refractivity contribution in [1.29, 1.82) is 0 Å². The smallest absolute Gasteiger partial charge is 0.286 e. The van der Waals surface area contributed by atoms with Crippen LogP contribution in [-0.4, -0.2) is 48.9 Å². The third-order valence-corrected chi connectivity index (χ3v) is 4.29. The number of fused-ring (bicyclic) bond motifs is 1. The van der Waals surface area contributed by atoms with Crippen molar-refractivity contribution in [1.82, 2.24) is 4.90 Å². The van der Waals surface area contributed by atoms with Crippen LogP contribution in [-0.2, 0) is 0 Å². The first-order valence-corrected chi connectivity index (χ1v) is 8.56. The number of carbonyl (C=O) groups excluding carboxylic acids is 2. The minimum atomic E-state index is -0.728. The number of rotatable bonds is 4. The first-order chi connectivity index (χ1) is 13.3. The number of nitro groups is 1. The van der Waals surface area contributed by atoms with Gasteiger partial charge in [0.25, 0.3) is 17.5 Å². The standard InChI is InChI=1S/C18H16ClN3O6/c1-21(2)18(24)11-7-10(3-4-13(11)19)20-17(23)12-8-15-16(28-6-5-27-15)9-14(12)22(25)26/h3-4,7-9H,5-6H2,1-2H3,(H,20,23). The highest BCUT2D eigenvalue weighted by atomic mass is 35.5. The monoisotopic (exact) mass is 405 g/mol. The van der Waals surface area contributed by atoms with Crippen molar-refractivity contribution in [3.63, 3.8) is 0 Å². The lowest BCUT2D eigenvalue weighted by atomic mass is 10.1. The average molecular weight is 406 g/mol. The Bertz CT molecular complexity index is 976. The first kappa shape index (κ1) is 19.4. The molecule has 28 heavy (non-hydrogen) atoms. The molecule has 146 valence electrons. The molecule has 0 bridgehead atoms. The molecule has 2 amide bonds. The van der Waals surface area contributed by atoms with E-state index in [9.17, 15) is 19.7 Å².